The van der Waals surface area contributed by atoms with E-state index in [2.05, 4.69) is 16.4 Å². The minimum atomic E-state index is -0.0259. The molecule has 0 atom stereocenters. The molecule has 0 bridgehead atoms. The predicted octanol–water partition coefficient (Wildman–Crippen LogP) is 2.18. The molecule has 0 radical (unpaired) electrons. The highest BCUT2D eigenvalue weighted by atomic mass is 35.5. The van der Waals surface area contributed by atoms with E-state index in [4.69, 9.17) is 17.0 Å². The number of halogens is 1. The van der Waals surface area contributed by atoms with Gasteiger partial charge in [0.05, 0.1) is 11.2 Å². The molecule has 1 aromatic rings. The Hall–Kier alpha value is -1.66. The number of hydrogen-bond acceptors (Lipinski definition) is 3. The highest BCUT2D eigenvalue weighted by molar-refractivity contribution is 7.15. The maximum atomic E-state index is 11.5. The zero-order chi connectivity index (χ0) is 15.2. The van der Waals surface area contributed by atoms with Crippen molar-refractivity contribution in [1.82, 2.24) is 10.2 Å². The van der Waals surface area contributed by atoms with Crippen LogP contribution in [-0.4, -0.2) is 49.0 Å². The number of nitrogens with zero attached hydrogens (tertiary/aromatic N) is 2. The molecule has 0 aliphatic carbocycles. The third-order valence-electron chi connectivity index (χ3n) is 3.15. The Morgan fingerprint density at radius 3 is 3.05 bits per heavy atom. The normalized spacial score (nSPS) is 15.1. The van der Waals surface area contributed by atoms with Gasteiger partial charge in [-0.05, 0) is 24.1 Å². The number of rotatable bonds is 4. The smallest absolute Gasteiger partial charge is 0.237 e. The second-order valence-corrected chi connectivity index (χ2v) is 5.86. The van der Waals surface area contributed by atoms with Crippen molar-refractivity contribution in [3.05, 3.63) is 28.0 Å². The van der Waals surface area contributed by atoms with Gasteiger partial charge in [0.1, 0.15) is 5.88 Å². The van der Waals surface area contributed by atoms with E-state index >= 15 is 0 Å². The molecule has 2 N–H and O–H groups in total. The zero-order valence-electron chi connectivity index (χ0n) is 11.7. The lowest BCUT2D eigenvalue weighted by atomic mass is 10.1. The van der Waals surface area contributed by atoms with Gasteiger partial charge in [-0.25, -0.2) is 4.99 Å². The number of aliphatic imine (C=N–C) groups is 1. The standard InChI is InChI=1S/C14H17ClN4OS/c1-17-9-18-14(16)12-3-2-11(21-12)10-4-6-19(7-5-10)13(20)8-15/h2-4,9H,5-8H2,1H3,(H2,16,17,18). The molecule has 0 spiro atoms. The summed E-state index contributed by atoms with van der Waals surface area (Å²) < 4.78 is 0. The topological polar surface area (TPSA) is 68.6 Å². The first kappa shape index (κ1) is 15.7. The molecular formula is C14H17ClN4OS. The third kappa shape index (κ3) is 3.92. The zero-order valence-corrected chi connectivity index (χ0v) is 13.3. The minimum absolute atomic E-state index is 0.0259. The van der Waals surface area contributed by atoms with Gasteiger partial charge in [0.2, 0.25) is 5.91 Å². The van der Waals surface area contributed by atoms with Crippen molar-refractivity contribution in [3.63, 3.8) is 0 Å². The monoisotopic (exact) mass is 324 g/mol. The number of amides is 1. The molecule has 5 nitrogen and oxygen atoms in total. The Labute approximate surface area is 132 Å². The van der Waals surface area contributed by atoms with Crippen LogP contribution >= 0.6 is 22.9 Å². The lowest BCUT2D eigenvalue weighted by Crippen LogP contribution is -2.35. The van der Waals surface area contributed by atoms with Crippen LogP contribution in [0.5, 0.6) is 0 Å². The van der Waals surface area contributed by atoms with Crippen LogP contribution in [-0.2, 0) is 4.79 Å². The van der Waals surface area contributed by atoms with E-state index < -0.39 is 0 Å². The highest BCUT2D eigenvalue weighted by Gasteiger charge is 2.18. The largest absolute Gasteiger partial charge is 0.379 e. The van der Waals surface area contributed by atoms with Gasteiger partial charge in [0.15, 0.2) is 5.84 Å². The number of carbonyl (C=O) groups excluding carboxylic acids is 1. The van der Waals surface area contributed by atoms with E-state index in [0.29, 0.717) is 13.1 Å². The third-order valence-corrected chi connectivity index (χ3v) is 4.55. The number of amidine groups is 1. The predicted molar refractivity (Wildman–Crippen MR) is 88.6 cm³/mol. The molecular weight excluding hydrogens is 308 g/mol. The van der Waals surface area contributed by atoms with Crippen molar-refractivity contribution >= 4 is 46.6 Å². The van der Waals surface area contributed by atoms with Crippen LogP contribution in [0.15, 0.2) is 23.2 Å². The summed E-state index contributed by atoms with van der Waals surface area (Å²) in [4.78, 5) is 19.2. The molecule has 1 aliphatic heterocycles. The number of nitrogens with one attached hydrogen (secondary N) is 2. The molecule has 0 unspecified atom stereocenters. The molecule has 1 aliphatic rings. The first-order chi connectivity index (χ1) is 10.2. The number of thiophene rings is 1. The molecule has 21 heavy (non-hydrogen) atoms. The molecule has 0 aromatic carbocycles. The van der Waals surface area contributed by atoms with Crippen molar-refractivity contribution in [2.45, 2.75) is 6.42 Å². The van der Waals surface area contributed by atoms with Crippen molar-refractivity contribution in [2.75, 3.05) is 26.0 Å². The maximum Gasteiger partial charge on any atom is 0.237 e. The summed E-state index contributed by atoms with van der Waals surface area (Å²) >= 11 is 7.12. The maximum absolute atomic E-state index is 11.5. The average Bonchev–Trinajstić information content (AvgIpc) is 3.02. The minimum Gasteiger partial charge on any atom is -0.379 e. The first-order valence-electron chi connectivity index (χ1n) is 6.57. The van der Waals surface area contributed by atoms with Crippen LogP contribution in [0.25, 0.3) is 5.57 Å². The first-order valence-corrected chi connectivity index (χ1v) is 7.92. The fourth-order valence-corrected chi connectivity index (χ4v) is 3.18. The van der Waals surface area contributed by atoms with Gasteiger partial charge in [-0.3, -0.25) is 10.2 Å². The van der Waals surface area contributed by atoms with E-state index in [1.807, 2.05) is 12.1 Å². The van der Waals surface area contributed by atoms with Crippen LogP contribution < -0.4 is 5.32 Å². The van der Waals surface area contributed by atoms with E-state index in [9.17, 15) is 4.79 Å². The quantitative estimate of drug-likeness (QED) is 0.506. The fourth-order valence-electron chi connectivity index (χ4n) is 2.03. The van der Waals surface area contributed by atoms with E-state index in [1.165, 1.54) is 11.9 Å². The SMILES string of the molecule is CN/C=N\C(=N)c1ccc(C2=CCN(C(=O)CCl)CC2)s1. The average molecular weight is 325 g/mol. The van der Waals surface area contributed by atoms with E-state index in [-0.39, 0.29) is 17.6 Å². The summed E-state index contributed by atoms with van der Waals surface area (Å²) in [5, 5.41) is 10.6. The van der Waals surface area contributed by atoms with Crippen molar-refractivity contribution in [2.24, 2.45) is 4.99 Å². The summed E-state index contributed by atoms with van der Waals surface area (Å²) in [6.07, 6.45) is 4.37. The molecule has 1 aromatic heterocycles. The van der Waals surface area contributed by atoms with Crippen LogP contribution in [0.1, 0.15) is 16.2 Å². The molecule has 2 rings (SSSR count). The fraction of sp³-hybridized carbons (Fsp3) is 0.357. The van der Waals surface area contributed by atoms with Crippen molar-refractivity contribution < 1.29 is 4.79 Å². The van der Waals surface area contributed by atoms with Crippen molar-refractivity contribution in [3.8, 4) is 0 Å². The van der Waals surface area contributed by atoms with Crippen molar-refractivity contribution in [1.29, 1.82) is 5.41 Å². The van der Waals surface area contributed by atoms with Crippen LogP contribution in [0.4, 0.5) is 0 Å². The number of carbonyl (C=O) groups is 1. The van der Waals surface area contributed by atoms with Gasteiger partial charge in [-0.15, -0.1) is 22.9 Å². The van der Waals surface area contributed by atoms with Crippen LogP contribution in [0.2, 0.25) is 0 Å². The van der Waals surface area contributed by atoms with Gasteiger partial charge in [0, 0.05) is 25.0 Å². The Bertz CT molecular complexity index is 594. The van der Waals surface area contributed by atoms with Gasteiger partial charge in [0.25, 0.3) is 0 Å². The van der Waals surface area contributed by atoms with E-state index in [1.54, 1.807) is 23.3 Å². The van der Waals surface area contributed by atoms with Crippen LogP contribution in [0.3, 0.4) is 0 Å². The number of hydrogen-bond donors (Lipinski definition) is 2. The van der Waals surface area contributed by atoms with E-state index in [0.717, 1.165) is 16.2 Å². The summed E-state index contributed by atoms with van der Waals surface area (Å²) in [7, 11) is 1.75. The second-order valence-electron chi connectivity index (χ2n) is 4.51. The molecule has 7 heteroatoms. The Kier molecular flexibility index (Phi) is 5.52. The summed E-state index contributed by atoms with van der Waals surface area (Å²) in [6, 6.07) is 3.92. The Morgan fingerprint density at radius 1 is 1.62 bits per heavy atom. The highest BCUT2D eigenvalue weighted by Crippen LogP contribution is 2.29. The molecule has 1 amide bonds. The molecule has 2 heterocycles. The number of alkyl halides is 1. The lowest BCUT2D eigenvalue weighted by Gasteiger charge is -2.25. The molecule has 0 saturated carbocycles. The molecule has 0 saturated heterocycles. The summed E-state index contributed by atoms with van der Waals surface area (Å²) in [6.45, 7) is 1.30. The lowest BCUT2D eigenvalue weighted by molar-refractivity contribution is -0.128. The summed E-state index contributed by atoms with van der Waals surface area (Å²) in [5.41, 5.74) is 1.22. The Balaban J connectivity index is 2.05. The van der Waals surface area contributed by atoms with Gasteiger partial charge >= 0.3 is 0 Å². The van der Waals surface area contributed by atoms with Gasteiger partial charge in [-0.1, -0.05) is 6.08 Å². The summed E-state index contributed by atoms with van der Waals surface area (Å²) in [5.74, 6) is 0.255. The second kappa shape index (κ2) is 7.38. The van der Waals surface area contributed by atoms with Crippen LogP contribution in [0, 0.1) is 5.41 Å². The van der Waals surface area contributed by atoms with Gasteiger partial charge in [-0.2, -0.15) is 0 Å². The Morgan fingerprint density at radius 2 is 2.43 bits per heavy atom. The van der Waals surface area contributed by atoms with Gasteiger partial charge < -0.3 is 10.2 Å². The molecule has 0 fully saturated rings. The molecule has 112 valence electrons.